The van der Waals surface area contributed by atoms with Crippen LogP contribution in [0.2, 0.25) is 0 Å². The fourth-order valence-electron chi connectivity index (χ4n) is 3.08. The van der Waals surface area contributed by atoms with Crippen molar-refractivity contribution in [2.45, 2.75) is 19.4 Å². The standard InChI is InChI=1S/C22H23FN2O/c1-16(19-11-6-9-17-7-2-4-10-20(17)19)25-15-22(26)24-14-13-18-8-3-5-12-21(18)23/h2-12,16,25H,13-15H2,1H3,(H,24,26)/t16-/m0/s1. The summed E-state index contributed by atoms with van der Waals surface area (Å²) in [6.07, 6.45) is 0.483. The van der Waals surface area contributed by atoms with Crippen molar-refractivity contribution in [2.24, 2.45) is 0 Å². The van der Waals surface area contributed by atoms with E-state index >= 15 is 0 Å². The minimum absolute atomic E-state index is 0.0541. The van der Waals surface area contributed by atoms with Crippen LogP contribution in [0, 0.1) is 5.82 Å². The second kappa shape index (κ2) is 8.59. The van der Waals surface area contributed by atoms with Crippen LogP contribution in [0.5, 0.6) is 0 Å². The number of fused-ring (bicyclic) bond motifs is 1. The summed E-state index contributed by atoms with van der Waals surface area (Å²) in [5.41, 5.74) is 1.78. The minimum Gasteiger partial charge on any atom is -0.355 e. The van der Waals surface area contributed by atoms with Gasteiger partial charge in [0.2, 0.25) is 5.91 Å². The molecule has 0 radical (unpaired) electrons. The van der Waals surface area contributed by atoms with Gasteiger partial charge in [-0.3, -0.25) is 4.79 Å². The van der Waals surface area contributed by atoms with Gasteiger partial charge in [0.1, 0.15) is 5.82 Å². The first-order chi connectivity index (χ1) is 12.6. The third kappa shape index (κ3) is 4.46. The summed E-state index contributed by atoms with van der Waals surface area (Å²) < 4.78 is 13.6. The number of benzene rings is 3. The fraction of sp³-hybridized carbons (Fsp3) is 0.227. The van der Waals surface area contributed by atoms with Crippen LogP contribution in [0.3, 0.4) is 0 Å². The lowest BCUT2D eigenvalue weighted by Crippen LogP contribution is -2.36. The zero-order chi connectivity index (χ0) is 18.4. The first-order valence-electron chi connectivity index (χ1n) is 8.86. The van der Waals surface area contributed by atoms with Crippen LogP contribution in [0.25, 0.3) is 10.8 Å². The van der Waals surface area contributed by atoms with Crippen molar-refractivity contribution in [3.8, 4) is 0 Å². The van der Waals surface area contributed by atoms with Crippen molar-refractivity contribution < 1.29 is 9.18 Å². The van der Waals surface area contributed by atoms with Crippen LogP contribution < -0.4 is 10.6 Å². The minimum atomic E-state index is -0.232. The van der Waals surface area contributed by atoms with Gasteiger partial charge < -0.3 is 10.6 Å². The monoisotopic (exact) mass is 350 g/mol. The molecule has 0 spiro atoms. The lowest BCUT2D eigenvalue weighted by molar-refractivity contribution is -0.120. The maximum Gasteiger partial charge on any atom is 0.233 e. The van der Waals surface area contributed by atoms with Gasteiger partial charge in [-0.2, -0.15) is 0 Å². The molecule has 0 aliphatic rings. The predicted molar refractivity (Wildman–Crippen MR) is 103 cm³/mol. The Morgan fingerprint density at radius 3 is 2.58 bits per heavy atom. The normalized spacial score (nSPS) is 12.1. The van der Waals surface area contributed by atoms with Gasteiger partial charge >= 0.3 is 0 Å². The topological polar surface area (TPSA) is 41.1 Å². The Kier molecular flexibility index (Phi) is 5.97. The van der Waals surface area contributed by atoms with Crippen LogP contribution in [0.4, 0.5) is 4.39 Å². The highest BCUT2D eigenvalue weighted by molar-refractivity contribution is 5.86. The van der Waals surface area contributed by atoms with Gasteiger partial charge in [0.05, 0.1) is 6.54 Å². The zero-order valence-corrected chi connectivity index (χ0v) is 14.8. The molecule has 2 N–H and O–H groups in total. The maximum atomic E-state index is 13.6. The molecule has 0 saturated heterocycles. The Morgan fingerprint density at radius 1 is 1.00 bits per heavy atom. The zero-order valence-electron chi connectivity index (χ0n) is 14.8. The van der Waals surface area contributed by atoms with Crippen molar-refractivity contribution in [3.63, 3.8) is 0 Å². The highest BCUT2D eigenvalue weighted by Gasteiger charge is 2.10. The van der Waals surface area contributed by atoms with Crippen molar-refractivity contribution in [3.05, 3.63) is 83.7 Å². The first-order valence-corrected chi connectivity index (χ1v) is 8.86. The van der Waals surface area contributed by atoms with Crippen molar-refractivity contribution in [1.82, 2.24) is 10.6 Å². The van der Waals surface area contributed by atoms with Crippen molar-refractivity contribution in [1.29, 1.82) is 0 Å². The molecule has 0 aliphatic carbocycles. The predicted octanol–water partition coefficient (Wildman–Crippen LogP) is 3.99. The molecule has 1 atom stereocenters. The van der Waals surface area contributed by atoms with E-state index in [1.165, 1.54) is 22.4 Å². The molecule has 3 aromatic rings. The van der Waals surface area contributed by atoms with Crippen molar-refractivity contribution in [2.75, 3.05) is 13.1 Å². The highest BCUT2D eigenvalue weighted by atomic mass is 19.1. The Hall–Kier alpha value is -2.72. The molecular formula is C22H23FN2O. The Morgan fingerprint density at radius 2 is 1.73 bits per heavy atom. The molecule has 3 nitrogen and oxygen atoms in total. The summed E-state index contributed by atoms with van der Waals surface area (Å²) in [5, 5.41) is 8.48. The van der Waals surface area contributed by atoms with E-state index in [-0.39, 0.29) is 24.3 Å². The first kappa shape index (κ1) is 18.1. The molecule has 4 heteroatoms. The highest BCUT2D eigenvalue weighted by Crippen LogP contribution is 2.23. The second-order valence-electron chi connectivity index (χ2n) is 6.36. The van der Waals surface area contributed by atoms with E-state index in [0.29, 0.717) is 18.5 Å². The summed E-state index contributed by atoms with van der Waals surface area (Å²) in [6, 6.07) is 21.1. The molecule has 0 aromatic heterocycles. The van der Waals surface area contributed by atoms with Crippen LogP contribution in [-0.2, 0) is 11.2 Å². The molecular weight excluding hydrogens is 327 g/mol. The quantitative estimate of drug-likeness (QED) is 0.676. The average molecular weight is 350 g/mol. The summed E-state index contributed by atoms with van der Waals surface area (Å²) in [7, 11) is 0. The SMILES string of the molecule is C[C@H](NCC(=O)NCCc1ccccc1F)c1cccc2ccccc12. The molecule has 0 heterocycles. The average Bonchev–Trinajstić information content (AvgIpc) is 2.67. The molecule has 3 aromatic carbocycles. The lowest BCUT2D eigenvalue weighted by atomic mass is 10.00. The number of carbonyl (C=O) groups excluding carboxylic acids is 1. The van der Waals surface area contributed by atoms with Gasteiger partial charge in [0, 0.05) is 12.6 Å². The van der Waals surface area contributed by atoms with Crippen LogP contribution >= 0.6 is 0 Å². The number of hydrogen-bond acceptors (Lipinski definition) is 2. The molecule has 134 valence electrons. The maximum absolute atomic E-state index is 13.6. The largest absolute Gasteiger partial charge is 0.355 e. The summed E-state index contributed by atoms with van der Waals surface area (Å²) in [4.78, 5) is 12.1. The summed E-state index contributed by atoms with van der Waals surface area (Å²) >= 11 is 0. The van der Waals surface area contributed by atoms with Gasteiger partial charge in [-0.15, -0.1) is 0 Å². The van der Waals surface area contributed by atoms with Gasteiger partial charge in [-0.05, 0) is 41.3 Å². The summed E-state index contributed by atoms with van der Waals surface area (Å²) in [5.74, 6) is -0.321. The van der Waals surface area contributed by atoms with E-state index in [4.69, 9.17) is 0 Å². The van der Waals surface area contributed by atoms with Crippen molar-refractivity contribution >= 4 is 16.7 Å². The van der Waals surface area contributed by atoms with Gasteiger partial charge in [0.15, 0.2) is 0 Å². The van der Waals surface area contributed by atoms with E-state index in [1.807, 2.05) is 25.1 Å². The fourth-order valence-corrected chi connectivity index (χ4v) is 3.08. The number of amides is 1. The number of halogens is 1. The molecule has 0 aliphatic heterocycles. The molecule has 1 amide bonds. The summed E-state index contributed by atoms with van der Waals surface area (Å²) in [6.45, 7) is 2.69. The Balaban J connectivity index is 1.50. The third-order valence-corrected chi connectivity index (χ3v) is 4.53. The molecule has 0 unspecified atom stereocenters. The van der Waals surface area contributed by atoms with E-state index in [0.717, 1.165) is 0 Å². The van der Waals surface area contributed by atoms with E-state index < -0.39 is 0 Å². The van der Waals surface area contributed by atoms with Gasteiger partial charge in [-0.1, -0.05) is 60.7 Å². The Bertz CT molecular complexity index is 889. The van der Waals surface area contributed by atoms with Gasteiger partial charge in [0.25, 0.3) is 0 Å². The smallest absolute Gasteiger partial charge is 0.233 e. The van der Waals surface area contributed by atoms with E-state index in [1.54, 1.807) is 18.2 Å². The second-order valence-corrected chi connectivity index (χ2v) is 6.36. The number of hydrogen-bond donors (Lipinski definition) is 2. The number of rotatable bonds is 7. The van der Waals surface area contributed by atoms with Crippen LogP contribution in [-0.4, -0.2) is 19.0 Å². The van der Waals surface area contributed by atoms with Crippen LogP contribution in [0.15, 0.2) is 66.7 Å². The number of carbonyl (C=O) groups is 1. The van der Waals surface area contributed by atoms with Crippen LogP contribution in [0.1, 0.15) is 24.1 Å². The van der Waals surface area contributed by atoms with E-state index in [2.05, 4.69) is 34.9 Å². The molecule has 0 bridgehead atoms. The third-order valence-electron chi connectivity index (χ3n) is 4.53. The molecule has 0 saturated carbocycles. The molecule has 3 rings (SSSR count). The molecule has 26 heavy (non-hydrogen) atoms. The lowest BCUT2D eigenvalue weighted by Gasteiger charge is -2.16. The molecule has 0 fully saturated rings. The Labute approximate surface area is 153 Å². The van der Waals surface area contributed by atoms with Gasteiger partial charge in [-0.25, -0.2) is 4.39 Å². The van der Waals surface area contributed by atoms with E-state index in [9.17, 15) is 9.18 Å². The number of nitrogens with one attached hydrogen (secondary N) is 2.